The van der Waals surface area contributed by atoms with Crippen molar-refractivity contribution in [3.8, 4) is 0 Å². The first-order chi connectivity index (χ1) is 9.31. The molecule has 1 aliphatic rings. The van der Waals surface area contributed by atoms with Gasteiger partial charge in [-0.25, -0.2) is 9.97 Å². The predicted octanol–water partition coefficient (Wildman–Crippen LogP) is 1.99. The fourth-order valence-corrected chi connectivity index (χ4v) is 2.24. The van der Waals surface area contributed by atoms with Gasteiger partial charge in [0, 0.05) is 25.2 Å². The quantitative estimate of drug-likeness (QED) is 0.905. The number of nitrogens with zero attached hydrogens (tertiary/aromatic N) is 4. The maximum atomic E-state index is 5.15. The van der Waals surface area contributed by atoms with Crippen LogP contribution in [-0.4, -0.2) is 28.2 Å². The summed E-state index contributed by atoms with van der Waals surface area (Å²) in [6, 6.07) is 3.89. The minimum atomic E-state index is 0.581. The Hall–Kier alpha value is -2.11. The molecule has 2 aromatic rings. The summed E-state index contributed by atoms with van der Waals surface area (Å²) in [6.07, 6.45) is 4.08. The number of rotatable bonds is 4. The van der Waals surface area contributed by atoms with E-state index in [1.807, 2.05) is 19.1 Å². The number of nitrogens with one attached hydrogen (secondary N) is 1. The van der Waals surface area contributed by atoms with E-state index in [9.17, 15) is 0 Å². The molecule has 0 spiro atoms. The normalized spacial score (nSPS) is 14.9. The van der Waals surface area contributed by atoms with Crippen LogP contribution >= 0.6 is 0 Å². The lowest BCUT2D eigenvalue weighted by Crippen LogP contribution is -2.19. The van der Waals surface area contributed by atoms with Crippen LogP contribution in [0.2, 0.25) is 0 Å². The van der Waals surface area contributed by atoms with E-state index in [1.165, 1.54) is 12.8 Å². The molecule has 19 heavy (non-hydrogen) atoms. The van der Waals surface area contributed by atoms with Crippen molar-refractivity contribution in [2.45, 2.75) is 26.3 Å². The molecule has 100 valence electrons. The summed E-state index contributed by atoms with van der Waals surface area (Å²) in [5.41, 5.74) is 0.886. The highest BCUT2D eigenvalue weighted by Crippen LogP contribution is 2.19. The van der Waals surface area contributed by atoms with E-state index >= 15 is 0 Å². The molecule has 0 atom stereocenters. The van der Waals surface area contributed by atoms with Gasteiger partial charge in [-0.3, -0.25) is 0 Å². The van der Waals surface area contributed by atoms with Crippen molar-refractivity contribution in [2.24, 2.45) is 0 Å². The van der Waals surface area contributed by atoms with Gasteiger partial charge in [0.1, 0.15) is 18.0 Å². The fraction of sp³-hybridized carbons (Fsp3) is 0.462. The SMILES string of the molecule is Cc1cc(CNc2cc(N3CCCC3)ncn2)on1. The third-order valence-corrected chi connectivity index (χ3v) is 3.20. The number of anilines is 2. The molecule has 1 fully saturated rings. The molecule has 3 rings (SSSR count). The van der Waals surface area contributed by atoms with Gasteiger partial charge in [0.2, 0.25) is 0 Å². The smallest absolute Gasteiger partial charge is 0.156 e. The van der Waals surface area contributed by atoms with Gasteiger partial charge >= 0.3 is 0 Å². The molecule has 6 nitrogen and oxygen atoms in total. The van der Waals surface area contributed by atoms with Crippen molar-refractivity contribution < 1.29 is 4.52 Å². The largest absolute Gasteiger partial charge is 0.363 e. The molecule has 3 heterocycles. The minimum Gasteiger partial charge on any atom is -0.363 e. The van der Waals surface area contributed by atoms with Gasteiger partial charge in [-0.05, 0) is 19.8 Å². The Balaban J connectivity index is 1.65. The first-order valence-electron chi connectivity index (χ1n) is 6.54. The van der Waals surface area contributed by atoms with Gasteiger partial charge in [-0.1, -0.05) is 5.16 Å². The summed E-state index contributed by atoms with van der Waals surface area (Å²) >= 11 is 0. The van der Waals surface area contributed by atoms with Crippen LogP contribution in [0.5, 0.6) is 0 Å². The third kappa shape index (κ3) is 2.83. The van der Waals surface area contributed by atoms with E-state index in [0.29, 0.717) is 6.54 Å². The van der Waals surface area contributed by atoms with Crippen LogP contribution in [-0.2, 0) is 6.54 Å². The second kappa shape index (κ2) is 5.26. The lowest BCUT2D eigenvalue weighted by Gasteiger charge is -2.16. The molecule has 1 aliphatic heterocycles. The molecule has 6 heteroatoms. The fourth-order valence-electron chi connectivity index (χ4n) is 2.24. The number of hydrogen-bond acceptors (Lipinski definition) is 6. The summed E-state index contributed by atoms with van der Waals surface area (Å²) in [5, 5.41) is 7.08. The molecule has 0 bridgehead atoms. The van der Waals surface area contributed by atoms with E-state index in [4.69, 9.17) is 4.52 Å². The summed E-state index contributed by atoms with van der Waals surface area (Å²) in [7, 11) is 0. The molecule has 0 unspecified atom stereocenters. The van der Waals surface area contributed by atoms with Crippen molar-refractivity contribution in [3.05, 3.63) is 29.9 Å². The molecular formula is C13H17N5O. The average molecular weight is 259 g/mol. The van der Waals surface area contributed by atoms with Crippen LogP contribution < -0.4 is 10.2 Å². The minimum absolute atomic E-state index is 0.581. The second-order valence-corrected chi connectivity index (χ2v) is 4.74. The standard InChI is InChI=1S/C13H17N5O/c1-10-6-11(19-17-10)8-14-12-7-13(16-9-15-12)18-4-2-3-5-18/h6-7,9H,2-5,8H2,1H3,(H,14,15,16). The average Bonchev–Trinajstić information content (AvgIpc) is 3.08. The van der Waals surface area contributed by atoms with Crippen LogP contribution in [0.3, 0.4) is 0 Å². The van der Waals surface area contributed by atoms with E-state index in [1.54, 1.807) is 6.33 Å². The number of aromatic nitrogens is 3. The first kappa shape index (κ1) is 12.0. The summed E-state index contributed by atoms with van der Waals surface area (Å²) < 4.78 is 5.15. The Bertz CT molecular complexity index is 547. The molecule has 2 aromatic heterocycles. The lowest BCUT2D eigenvalue weighted by molar-refractivity contribution is 0.384. The predicted molar refractivity (Wildman–Crippen MR) is 72.0 cm³/mol. The number of hydrogen-bond donors (Lipinski definition) is 1. The summed E-state index contributed by atoms with van der Waals surface area (Å²) in [5.74, 6) is 2.61. The van der Waals surface area contributed by atoms with Crippen LogP contribution in [0.4, 0.5) is 11.6 Å². The van der Waals surface area contributed by atoms with Crippen molar-refractivity contribution in [1.29, 1.82) is 0 Å². The van der Waals surface area contributed by atoms with Gasteiger partial charge in [-0.15, -0.1) is 0 Å². The zero-order chi connectivity index (χ0) is 13.1. The maximum absolute atomic E-state index is 5.15. The van der Waals surface area contributed by atoms with Gasteiger partial charge < -0.3 is 14.7 Å². The summed E-state index contributed by atoms with van der Waals surface area (Å²) in [6.45, 7) is 4.65. The van der Waals surface area contributed by atoms with Gasteiger partial charge in [0.05, 0.1) is 12.2 Å². The van der Waals surface area contributed by atoms with Gasteiger partial charge in [-0.2, -0.15) is 0 Å². The zero-order valence-electron chi connectivity index (χ0n) is 11.0. The molecule has 0 amide bonds. The number of aryl methyl sites for hydroxylation is 1. The van der Waals surface area contributed by atoms with E-state index in [2.05, 4.69) is 25.3 Å². The molecule has 0 aliphatic carbocycles. The Labute approximate surface area is 111 Å². The first-order valence-corrected chi connectivity index (χ1v) is 6.54. The third-order valence-electron chi connectivity index (χ3n) is 3.20. The molecule has 0 aromatic carbocycles. The van der Waals surface area contributed by atoms with Crippen molar-refractivity contribution in [1.82, 2.24) is 15.1 Å². The van der Waals surface area contributed by atoms with E-state index < -0.39 is 0 Å². The van der Waals surface area contributed by atoms with Crippen molar-refractivity contribution in [2.75, 3.05) is 23.3 Å². The molecule has 0 radical (unpaired) electrons. The van der Waals surface area contributed by atoms with Crippen LogP contribution in [0.25, 0.3) is 0 Å². The monoisotopic (exact) mass is 259 g/mol. The molecular weight excluding hydrogens is 242 g/mol. The topological polar surface area (TPSA) is 67.1 Å². The van der Waals surface area contributed by atoms with Crippen molar-refractivity contribution >= 4 is 11.6 Å². The Morgan fingerprint density at radius 2 is 2.11 bits per heavy atom. The van der Waals surface area contributed by atoms with Crippen molar-refractivity contribution in [3.63, 3.8) is 0 Å². The van der Waals surface area contributed by atoms with Gasteiger partial charge in [0.15, 0.2) is 5.76 Å². The Kier molecular flexibility index (Phi) is 3.31. The zero-order valence-corrected chi connectivity index (χ0v) is 11.0. The molecule has 0 saturated carbocycles. The summed E-state index contributed by atoms with van der Waals surface area (Å²) in [4.78, 5) is 10.8. The Morgan fingerprint density at radius 3 is 2.84 bits per heavy atom. The molecule has 1 saturated heterocycles. The van der Waals surface area contributed by atoms with E-state index in [0.717, 1.165) is 36.2 Å². The van der Waals surface area contributed by atoms with Crippen LogP contribution in [0, 0.1) is 6.92 Å². The van der Waals surface area contributed by atoms with Crippen LogP contribution in [0.15, 0.2) is 23.0 Å². The van der Waals surface area contributed by atoms with Gasteiger partial charge in [0.25, 0.3) is 0 Å². The second-order valence-electron chi connectivity index (χ2n) is 4.74. The highest BCUT2D eigenvalue weighted by atomic mass is 16.5. The highest BCUT2D eigenvalue weighted by Gasteiger charge is 2.14. The molecule has 1 N–H and O–H groups in total. The Morgan fingerprint density at radius 1 is 1.26 bits per heavy atom. The lowest BCUT2D eigenvalue weighted by atomic mass is 10.4. The highest BCUT2D eigenvalue weighted by molar-refractivity contribution is 5.48. The maximum Gasteiger partial charge on any atom is 0.156 e. The van der Waals surface area contributed by atoms with E-state index in [-0.39, 0.29) is 0 Å². The van der Waals surface area contributed by atoms with Crippen LogP contribution in [0.1, 0.15) is 24.3 Å².